The van der Waals surface area contributed by atoms with Gasteiger partial charge in [-0.3, -0.25) is 19.3 Å². The molecule has 0 unspecified atom stereocenters. The van der Waals surface area contributed by atoms with Gasteiger partial charge in [0.05, 0.1) is 23.3 Å². The van der Waals surface area contributed by atoms with Gasteiger partial charge in [0, 0.05) is 26.2 Å². The Balaban J connectivity index is 1.73. The number of hydrogen-bond acceptors (Lipinski definition) is 7. The fourth-order valence-electron chi connectivity index (χ4n) is 2.74. The molecule has 1 N–H and O–H groups in total. The van der Waals surface area contributed by atoms with E-state index in [1.807, 2.05) is 0 Å². The van der Waals surface area contributed by atoms with E-state index >= 15 is 0 Å². The molecule has 0 bridgehead atoms. The molecule has 8 nitrogen and oxygen atoms in total. The van der Waals surface area contributed by atoms with E-state index in [4.69, 9.17) is 9.15 Å². The Morgan fingerprint density at radius 1 is 1.25 bits per heavy atom. The van der Waals surface area contributed by atoms with Crippen molar-refractivity contribution >= 4 is 46.5 Å². The predicted molar refractivity (Wildman–Crippen MR) is 112 cm³/mol. The zero-order chi connectivity index (χ0) is 23.6. The molecule has 1 aromatic heterocycles. The van der Waals surface area contributed by atoms with Crippen molar-refractivity contribution in [3.63, 3.8) is 0 Å². The molecule has 2 heterocycles. The Kier molecular flexibility index (Phi) is 6.53. The number of methoxy groups -OCH3 is 1. The van der Waals surface area contributed by atoms with Crippen LogP contribution in [-0.2, 0) is 15.8 Å². The molecule has 0 spiro atoms. The molecule has 1 aliphatic rings. The average Bonchev–Trinajstić information content (AvgIpc) is 3.28. The van der Waals surface area contributed by atoms with Gasteiger partial charge in [-0.05, 0) is 36.0 Å². The Bertz CT molecular complexity index is 1090. The minimum Gasteiger partial charge on any atom is -0.495 e. The van der Waals surface area contributed by atoms with Gasteiger partial charge >= 0.3 is 6.18 Å². The van der Waals surface area contributed by atoms with Crippen LogP contribution in [0.2, 0.25) is 0 Å². The third-order valence-corrected chi connectivity index (χ3v) is 5.21. The first-order chi connectivity index (χ1) is 15.0. The van der Waals surface area contributed by atoms with Crippen molar-refractivity contribution in [2.75, 3.05) is 38.0 Å². The van der Waals surface area contributed by atoms with Crippen molar-refractivity contribution in [3.8, 4) is 5.75 Å². The van der Waals surface area contributed by atoms with Gasteiger partial charge in [0.15, 0.2) is 5.88 Å². The topological polar surface area (TPSA) is 92.1 Å². The Morgan fingerprint density at radius 2 is 1.97 bits per heavy atom. The molecule has 2 aromatic rings. The van der Waals surface area contributed by atoms with E-state index in [0.717, 1.165) is 12.1 Å². The van der Waals surface area contributed by atoms with E-state index in [0.29, 0.717) is 34.4 Å². The summed E-state index contributed by atoms with van der Waals surface area (Å²) < 4.78 is 49.4. The van der Waals surface area contributed by atoms with Crippen LogP contribution in [0.15, 0.2) is 39.7 Å². The van der Waals surface area contributed by atoms with Gasteiger partial charge in [0.2, 0.25) is 5.91 Å². The lowest BCUT2D eigenvalue weighted by molar-refractivity contribution is -0.137. The number of ether oxygens (including phenoxy) is 1. The van der Waals surface area contributed by atoms with Gasteiger partial charge in [-0.2, -0.15) is 13.2 Å². The highest BCUT2D eigenvalue weighted by molar-refractivity contribution is 8.18. The smallest absolute Gasteiger partial charge is 0.416 e. The average molecular weight is 469 g/mol. The van der Waals surface area contributed by atoms with Crippen molar-refractivity contribution in [3.05, 3.63) is 46.6 Å². The standard InChI is InChI=1S/C20H18F3N3O5S/c1-25(2)17-7-5-12(31-17)9-15-18(28)26(19(29)32-15)10-16(27)24-13-8-11(20(21,22)23)4-6-14(13)30-3/h4-9H,10H2,1-3H3,(H,24,27)/b15-9-. The van der Waals surface area contributed by atoms with Gasteiger partial charge in [0.25, 0.3) is 11.1 Å². The number of amides is 3. The van der Waals surface area contributed by atoms with Crippen molar-refractivity contribution in [1.29, 1.82) is 0 Å². The molecule has 170 valence electrons. The number of nitrogens with one attached hydrogen (secondary N) is 1. The molecule has 32 heavy (non-hydrogen) atoms. The predicted octanol–water partition coefficient (Wildman–Crippen LogP) is 4.05. The second-order valence-electron chi connectivity index (χ2n) is 6.80. The van der Waals surface area contributed by atoms with Crippen LogP contribution in [0.5, 0.6) is 5.75 Å². The van der Waals surface area contributed by atoms with E-state index in [-0.39, 0.29) is 16.3 Å². The number of carbonyl (C=O) groups is 3. The van der Waals surface area contributed by atoms with Crippen LogP contribution >= 0.6 is 11.8 Å². The van der Waals surface area contributed by atoms with Crippen LogP contribution in [0.4, 0.5) is 29.5 Å². The number of imide groups is 1. The third-order valence-electron chi connectivity index (χ3n) is 4.30. The monoisotopic (exact) mass is 469 g/mol. The van der Waals surface area contributed by atoms with Crippen LogP contribution in [0.1, 0.15) is 11.3 Å². The number of hydrogen-bond donors (Lipinski definition) is 1. The largest absolute Gasteiger partial charge is 0.495 e. The molecule has 1 aromatic carbocycles. The maximum Gasteiger partial charge on any atom is 0.416 e. The van der Waals surface area contributed by atoms with Crippen molar-refractivity contribution in [2.24, 2.45) is 0 Å². The summed E-state index contributed by atoms with van der Waals surface area (Å²) in [6.45, 7) is -0.678. The van der Waals surface area contributed by atoms with E-state index in [9.17, 15) is 27.6 Å². The molecule has 1 saturated heterocycles. The third kappa shape index (κ3) is 5.07. The minimum absolute atomic E-state index is 0.00472. The fraction of sp³-hybridized carbons (Fsp3) is 0.250. The van der Waals surface area contributed by atoms with E-state index in [1.165, 1.54) is 13.2 Å². The molecule has 0 radical (unpaired) electrons. The second kappa shape index (κ2) is 8.99. The number of halogens is 3. The van der Waals surface area contributed by atoms with Crippen LogP contribution in [0.3, 0.4) is 0 Å². The maximum absolute atomic E-state index is 13.0. The number of nitrogens with zero attached hydrogens (tertiary/aromatic N) is 2. The number of anilines is 2. The molecule has 1 fully saturated rings. The van der Waals surface area contributed by atoms with Gasteiger partial charge in [-0.15, -0.1) is 0 Å². The SMILES string of the molecule is COc1ccc(C(F)(F)F)cc1NC(=O)CN1C(=O)S/C(=C\c2ccc(N(C)C)o2)C1=O. The normalized spacial score (nSPS) is 15.4. The molecule has 3 rings (SSSR count). The Morgan fingerprint density at radius 3 is 2.56 bits per heavy atom. The highest BCUT2D eigenvalue weighted by atomic mass is 32.2. The number of alkyl halides is 3. The number of carbonyl (C=O) groups excluding carboxylic acids is 3. The molecule has 0 aliphatic carbocycles. The molecule has 1 aliphatic heterocycles. The van der Waals surface area contributed by atoms with Crippen molar-refractivity contribution in [1.82, 2.24) is 4.90 Å². The quantitative estimate of drug-likeness (QED) is 0.638. The number of thioether (sulfide) groups is 1. The van der Waals surface area contributed by atoms with E-state index in [2.05, 4.69) is 5.32 Å². The molecule has 12 heteroatoms. The lowest BCUT2D eigenvalue weighted by Gasteiger charge is -2.16. The second-order valence-corrected chi connectivity index (χ2v) is 7.79. The number of rotatable bonds is 6. The molecular formula is C20H18F3N3O5S. The zero-order valence-electron chi connectivity index (χ0n) is 17.1. The molecular weight excluding hydrogens is 451 g/mol. The van der Waals surface area contributed by atoms with Crippen LogP contribution in [0.25, 0.3) is 6.08 Å². The van der Waals surface area contributed by atoms with Crippen LogP contribution in [0, 0.1) is 0 Å². The summed E-state index contributed by atoms with van der Waals surface area (Å²) in [4.78, 5) is 39.7. The highest BCUT2D eigenvalue weighted by Crippen LogP contribution is 2.36. The van der Waals surface area contributed by atoms with Crippen molar-refractivity contribution in [2.45, 2.75) is 6.18 Å². The Labute approximate surface area is 185 Å². The summed E-state index contributed by atoms with van der Waals surface area (Å²) in [5.41, 5.74) is -1.22. The first-order valence-electron chi connectivity index (χ1n) is 9.07. The lowest BCUT2D eigenvalue weighted by Crippen LogP contribution is -2.36. The zero-order valence-corrected chi connectivity index (χ0v) is 18.0. The summed E-state index contributed by atoms with van der Waals surface area (Å²) in [7, 11) is 4.78. The minimum atomic E-state index is -4.62. The summed E-state index contributed by atoms with van der Waals surface area (Å²) in [5, 5.41) is 1.57. The molecule has 3 amide bonds. The lowest BCUT2D eigenvalue weighted by atomic mass is 10.1. The maximum atomic E-state index is 13.0. The van der Waals surface area contributed by atoms with E-state index in [1.54, 1.807) is 31.1 Å². The van der Waals surface area contributed by atoms with Gasteiger partial charge in [-0.1, -0.05) is 0 Å². The summed E-state index contributed by atoms with van der Waals surface area (Å²) >= 11 is 0.628. The van der Waals surface area contributed by atoms with Gasteiger partial charge < -0.3 is 19.4 Å². The number of furan rings is 1. The number of benzene rings is 1. The van der Waals surface area contributed by atoms with Crippen LogP contribution in [-0.4, -0.2) is 49.7 Å². The van der Waals surface area contributed by atoms with Gasteiger partial charge in [-0.25, -0.2) is 0 Å². The highest BCUT2D eigenvalue weighted by Gasteiger charge is 2.37. The van der Waals surface area contributed by atoms with E-state index < -0.39 is 35.3 Å². The molecule has 0 saturated carbocycles. The summed E-state index contributed by atoms with van der Waals surface area (Å²) in [5.74, 6) is -0.690. The summed E-state index contributed by atoms with van der Waals surface area (Å²) in [6, 6.07) is 5.89. The van der Waals surface area contributed by atoms with Crippen LogP contribution < -0.4 is 15.0 Å². The molecule has 0 atom stereocenters. The van der Waals surface area contributed by atoms with Crippen molar-refractivity contribution < 1.29 is 36.7 Å². The first-order valence-corrected chi connectivity index (χ1v) is 9.89. The first kappa shape index (κ1) is 23.3. The summed E-state index contributed by atoms with van der Waals surface area (Å²) in [6.07, 6.45) is -3.24. The fourth-order valence-corrected chi connectivity index (χ4v) is 3.56. The Hall–Kier alpha value is -3.41. The van der Waals surface area contributed by atoms with Gasteiger partial charge in [0.1, 0.15) is 18.1 Å².